The third kappa shape index (κ3) is 3.04. The van der Waals surface area contributed by atoms with Crippen molar-refractivity contribution in [3.05, 3.63) is 25.3 Å². The van der Waals surface area contributed by atoms with E-state index in [1.807, 2.05) is 0 Å². The summed E-state index contributed by atoms with van der Waals surface area (Å²) in [6.45, 7) is 7.26. The highest BCUT2D eigenvalue weighted by atomic mass is 35.5. The summed E-state index contributed by atoms with van der Waals surface area (Å²) < 4.78 is 22.1. The normalized spacial score (nSPS) is 38.8. The van der Waals surface area contributed by atoms with E-state index in [2.05, 4.69) is 13.2 Å². The second-order valence-corrected chi connectivity index (χ2v) is 7.45. The molecule has 4 nitrogen and oxygen atoms in total. The third-order valence-electron chi connectivity index (χ3n) is 2.44. The SMILES string of the molecule is C=CC1OC[P+]2(CO1)COC(C=C)OC2.[Cl-]. The van der Waals surface area contributed by atoms with Crippen molar-refractivity contribution in [3.63, 3.8) is 0 Å². The Balaban J connectivity index is 0.00000128. The highest BCUT2D eigenvalue weighted by molar-refractivity contribution is 7.75. The topological polar surface area (TPSA) is 36.9 Å². The first-order chi connectivity index (χ1) is 7.28. The summed E-state index contributed by atoms with van der Waals surface area (Å²) in [4.78, 5) is 0. The lowest BCUT2D eigenvalue weighted by Crippen LogP contribution is -3.00. The quantitative estimate of drug-likeness (QED) is 0.472. The van der Waals surface area contributed by atoms with Crippen LogP contribution >= 0.6 is 7.26 Å². The molecule has 2 fully saturated rings. The maximum absolute atomic E-state index is 5.51. The predicted molar refractivity (Wildman–Crippen MR) is 58.7 cm³/mol. The zero-order valence-electron chi connectivity index (χ0n) is 9.01. The second-order valence-electron chi connectivity index (χ2n) is 3.73. The highest BCUT2D eigenvalue weighted by Crippen LogP contribution is 2.62. The van der Waals surface area contributed by atoms with Crippen LogP contribution < -0.4 is 12.4 Å². The minimum absolute atomic E-state index is 0. The monoisotopic (exact) mass is 266 g/mol. The Labute approximate surface area is 102 Å². The van der Waals surface area contributed by atoms with Crippen LogP contribution in [0.2, 0.25) is 0 Å². The van der Waals surface area contributed by atoms with Crippen LogP contribution in [-0.4, -0.2) is 38.0 Å². The molecule has 2 heterocycles. The van der Waals surface area contributed by atoms with Crippen LogP contribution in [0.1, 0.15) is 0 Å². The summed E-state index contributed by atoms with van der Waals surface area (Å²) in [5, 5.41) is 0. The van der Waals surface area contributed by atoms with E-state index in [-0.39, 0.29) is 25.0 Å². The van der Waals surface area contributed by atoms with Crippen LogP contribution in [0.4, 0.5) is 0 Å². The van der Waals surface area contributed by atoms with Gasteiger partial charge >= 0.3 is 0 Å². The molecule has 0 radical (unpaired) electrons. The van der Waals surface area contributed by atoms with Crippen LogP contribution in [0.3, 0.4) is 0 Å². The molecular weight excluding hydrogens is 251 g/mol. The first-order valence-electron chi connectivity index (χ1n) is 4.85. The number of hydrogen-bond donors (Lipinski definition) is 0. The summed E-state index contributed by atoms with van der Waals surface area (Å²) in [6, 6.07) is 0. The van der Waals surface area contributed by atoms with Crippen molar-refractivity contribution in [2.24, 2.45) is 0 Å². The predicted octanol–water partition coefficient (Wildman–Crippen LogP) is -1.04. The largest absolute Gasteiger partial charge is 1.00 e. The molecule has 16 heavy (non-hydrogen) atoms. The molecule has 0 aliphatic carbocycles. The van der Waals surface area contributed by atoms with Crippen molar-refractivity contribution >= 4 is 7.26 Å². The lowest BCUT2D eigenvalue weighted by atomic mass is 10.6. The molecule has 0 aromatic rings. The van der Waals surface area contributed by atoms with Gasteiger partial charge in [-0.2, -0.15) is 0 Å². The van der Waals surface area contributed by atoms with E-state index >= 15 is 0 Å². The molecule has 2 aliphatic rings. The van der Waals surface area contributed by atoms with Crippen LogP contribution in [0.15, 0.2) is 25.3 Å². The highest BCUT2D eigenvalue weighted by Gasteiger charge is 2.47. The Hall–Kier alpha value is 0.0400. The minimum atomic E-state index is -1.37. The third-order valence-corrected chi connectivity index (χ3v) is 5.22. The average molecular weight is 267 g/mol. The summed E-state index contributed by atoms with van der Waals surface area (Å²) in [6.07, 6.45) is 5.53. The first kappa shape index (κ1) is 14.1. The molecule has 0 atom stereocenters. The fourth-order valence-electron chi connectivity index (χ4n) is 1.52. The van der Waals surface area contributed by atoms with E-state index in [1.165, 1.54) is 0 Å². The van der Waals surface area contributed by atoms with Crippen molar-refractivity contribution < 1.29 is 31.4 Å². The van der Waals surface area contributed by atoms with E-state index in [9.17, 15) is 0 Å². The van der Waals surface area contributed by atoms with Gasteiger partial charge in [-0.25, -0.2) is 0 Å². The van der Waals surface area contributed by atoms with Crippen molar-refractivity contribution in [1.82, 2.24) is 0 Å². The number of halogens is 1. The standard InChI is InChI=1S/C10H16O4P.ClH/c1-3-9-11-5-15(6-12-9)7-13-10(4-2)14-8-15;/h3-4,9-10H,1-2,5-8H2;1H/q+1;/p-1. The Morgan fingerprint density at radius 3 is 1.38 bits per heavy atom. The Kier molecular flexibility index (Phi) is 5.38. The van der Waals surface area contributed by atoms with Crippen molar-refractivity contribution in [2.45, 2.75) is 12.6 Å². The summed E-state index contributed by atoms with van der Waals surface area (Å²) in [7, 11) is -1.37. The van der Waals surface area contributed by atoms with Crippen molar-refractivity contribution in [3.8, 4) is 0 Å². The summed E-state index contributed by atoms with van der Waals surface area (Å²) in [5.41, 5.74) is 0. The zero-order valence-corrected chi connectivity index (χ0v) is 10.7. The smallest absolute Gasteiger partial charge is 0.184 e. The van der Waals surface area contributed by atoms with Gasteiger partial charge in [0.05, 0.1) is 0 Å². The van der Waals surface area contributed by atoms with Gasteiger partial charge in [0.2, 0.25) is 0 Å². The molecule has 0 aromatic carbocycles. The molecule has 0 saturated carbocycles. The lowest BCUT2D eigenvalue weighted by Gasteiger charge is -2.36. The Morgan fingerprint density at radius 1 is 0.812 bits per heavy atom. The maximum atomic E-state index is 5.51. The van der Waals surface area contributed by atoms with Gasteiger partial charge in [-0.1, -0.05) is 13.2 Å². The summed E-state index contributed by atoms with van der Waals surface area (Å²) >= 11 is 0. The maximum Gasteiger partial charge on any atom is 0.184 e. The number of rotatable bonds is 2. The first-order valence-corrected chi connectivity index (χ1v) is 7.38. The van der Waals surface area contributed by atoms with Crippen LogP contribution in [-0.2, 0) is 18.9 Å². The van der Waals surface area contributed by atoms with Crippen LogP contribution in [0.5, 0.6) is 0 Å². The van der Waals surface area contributed by atoms with E-state index in [0.29, 0.717) is 25.4 Å². The molecule has 2 saturated heterocycles. The molecule has 0 N–H and O–H groups in total. The van der Waals surface area contributed by atoms with Gasteiger partial charge in [0.1, 0.15) is 7.26 Å². The van der Waals surface area contributed by atoms with Crippen molar-refractivity contribution in [1.29, 1.82) is 0 Å². The van der Waals surface area contributed by atoms with Gasteiger partial charge in [-0.05, 0) is 12.2 Å². The van der Waals surface area contributed by atoms with Crippen LogP contribution in [0, 0.1) is 0 Å². The molecular formula is C10H16ClO4P. The minimum Gasteiger partial charge on any atom is -1.00 e. The molecule has 0 amide bonds. The molecule has 2 aliphatic heterocycles. The van der Waals surface area contributed by atoms with Gasteiger partial charge in [0.25, 0.3) is 0 Å². The number of hydrogen-bond acceptors (Lipinski definition) is 4. The Bertz CT molecular complexity index is 216. The second kappa shape index (κ2) is 6.10. The fraction of sp³-hybridized carbons (Fsp3) is 0.600. The molecule has 0 bridgehead atoms. The summed E-state index contributed by atoms with van der Waals surface area (Å²) in [5.74, 6) is 0. The van der Waals surface area contributed by atoms with Gasteiger partial charge < -0.3 is 31.4 Å². The molecule has 92 valence electrons. The van der Waals surface area contributed by atoms with Crippen molar-refractivity contribution in [2.75, 3.05) is 25.4 Å². The fourth-order valence-corrected chi connectivity index (χ4v) is 3.82. The average Bonchev–Trinajstić information content (AvgIpc) is 2.31. The van der Waals surface area contributed by atoms with E-state index < -0.39 is 7.26 Å². The lowest BCUT2D eigenvalue weighted by molar-refractivity contribution is -0.125. The molecule has 1 spiro atoms. The van der Waals surface area contributed by atoms with Gasteiger partial charge in [0.15, 0.2) is 38.0 Å². The molecule has 6 heteroatoms. The zero-order chi connectivity index (χ0) is 10.7. The molecule has 0 aromatic heterocycles. The van der Waals surface area contributed by atoms with Crippen LogP contribution in [0.25, 0.3) is 0 Å². The molecule has 0 unspecified atom stereocenters. The molecule has 2 rings (SSSR count). The van der Waals surface area contributed by atoms with Gasteiger partial charge in [-0.15, -0.1) is 0 Å². The van der Waals surface area contributed by atoms with E-state index in [1.54, 1.807) is 12.2 Å². The van der Waals surface area contributed by atoms with Gasteiger partial charge in [0, 0.05) is 0 Å². The van der Waals surface area contributed by atoms with Gasteiger partial charge in [-0.3, -0.25) is 0 Å². The van der Waals surface area contributed by atoms with E-state index in [0.717, 1.165) is 0 Å². The van der Waals surface area contributed by atoms with E-state index in [4.69, 9.17) is 18.9 Å². The Morgan fingerprint density at radius 2 is 1.12 bits per heavy atom. The number of ether oxygens (including phenoxy) is 4.